The lowest BCUT2D eigenvalue weighted by Gasteiger charge is -2.55. The van der Waals surface area contributed by atoms with Gasteiger partial charge in [0.2, 0.25) is 24.3 Å². The monoisotopic (exact) mass is 809 g/mol. The van der Waals surface area contributed by atoms with Gasteiger partial charge < -0.3 is 45.9 Å². The predicted molar refractivity (Wildman–Crippen MR) is 203 cm³/mol. The van der Waals surface area contributed by atoms with E-state index in [0.717, 1.165) is 49.5 Å². The van der Waals surface area contributed by atoms with Crippen LogP contribution in [0.1, 0.15) is 64.7 Å². The van der Waals surface area contributed by atoms with Gasteiger partial charge in [0.15, 0.2) is 11.4 Å². The number of carbonyl (C=O) groups excluding carboxylic acids is 6. The Bertz CT molecular complexity index is 1910. The second kappa shape index (κ2) is 14.9. The molecule has 8 aliphatic rings. The van der Waals surface area contributed by atoms with E-state index in [1.165, 1.54) is 6.08 Å². The lowest BCUT2D eigenvalue weighted by Crippen LogP contribution is -2.62. The molecule has 8 aliphatic carbocycles. The number of aliphatic hydroxyl groups excluding tert-OH is 1. The van der Waals surface area contributed by atoms with Gasteiger partial charge in [-0.15, -0.1) is 0 Å². The molecule has 4 bridgehead atoms. The van der Waals surface area contributed by atoms with E-state index in [2.05, 4.69) is 5.32 Å². The Kier molecular flexibility index (Phi) is 10.7. The number of likely N-dealkylation sites (N-methyl/N-ethyl adjacent to an activating group) is 2. The molecule has 0 spiro atoms. The Morgan fingerprint density at radius 3 is 2.12 bits per heavy atom. The number of hydrogen-bond donors (Lipinski definition) is 6. The van der Waals surface area contributed by atoms with Crippen LogP contribution in [0.4, 0.5) is 4.79 Å². The molecule has 0 heterocycles. The molecule has 17 heteroatoms. The number of nitrogens with zero attached hydrogens (tertiary/aromatic N) is 3. The highest BCUT2D eigenvalue weighted by atomic mass is 16.7. The average molecular weight is 810 g/mol. The Morgan fingerprint density at radius 2 is 1.57 bits per heavy atom. The van der Waals surface area contributed by atoms with Gasteiger partial charge in [0, 0.05) is 37.8 Å². The van der Waals surface area contributed by atoms with E-state index >= 15 is 0 Å². The lowest BCUT2D eigenvalue weighted by atomic mass is 9.49. The topological polar surface area (TPSA) is 250 Å². The molecule has 5 atom stereocenters. The third-order valence-electron chi connectivity index (χ3n) is 13.6. The standard InChI is InChI=1S/C41H55N5O12/c1-6-7-46(38(53)58-19-57-37(52)39-14-20-8-21(15-39)10-22(9-20)16-39)18-29(47)43-28-13-27(44(2)3)24-11-23-12-26-32(45(4)5)34(49)30(36(42)51)35(50)40(26,54)17-25(23)33(48)31(24)41(28,55)56/h13,17,20-23,26,28,32,49,54-56H,6-12,14-16,18-19H2,1-5H3,(H2,42,51)(H,43,47)/t20?,21?,22?,23-,26-,28?,32-,39?,40-/m0/s1. The number of esters is 1. The molecule has 17 nitrogen and oxygen atoms in total. The quantitative estimate of drug-likeness (QED) is 0.0948. The maximum atomic E-state index is 14.4. The number of allylic oxidation sites excluding steroid dienone is 2. The van der Waals surface area contributed by atoms with Crippen LogP contribution in [0.2, 0.25) is 0 Å². The van der Waals surface area contributed by atoms with Crippen molar-refractivity contribution < 1.29 is 58.7 Å². The molecular weight excluding hydrogens is 754 g/mol. The first-order valence-corrected chi connectivity index (χ1v) is 20.1. The Balaban J connectivity index is 1.06. The fraction of sp³-hybridized carbons (Fsp3) is 0.659. The number of rotatable bonds is 11. The molecule has 8 rings (SSSR count). The van der Waals surface area contributed by atoms with Crippen LogP contribution in [0.5, 0.6) is 0 Å². The first-order valence-electron chi connectivity index (χ1n) is 20.1. The smallest absolute Gasteiger partial charge is 0.413 e. The summed E-state index contributed by atoms with van der Waals surface area (Å²) in [6.07, 6.45) is 7.88. The van der Waals surface area contributed by atoms with E-state index in [0.29, 0.717) is 29.9 Å². The van der Waals surface area contributed by atoms with E-state index in [4.69, 9.17) is 15.2 Å². The van der Waals surface area contributed by atoms with E-state index in [1.807, 2.05) is 0 Å². The molecule has 7 N–H and O–H groups in total. The van der Waals surface area contributed by atoms with Crippen molar-refractivity contribution in [1.29, 1.82) is 0 Å². The summed E-state index contributed by atoms with van der Waals surface area (Å²) in [5.74, 6) is -8.10. The number of nitrogens with two attached hydrogens (primary N) is 1. The Morgan fingerprint density at radius 1 is 0.948 bits per heavy atom. The van der Waals surface area contributed by atoms with Crippen LogP contribution in [0, 0.1) is 35.0 Å². The van der Waals surface area contributed by atoms with Crippen molar-refractivity contribution in [2.24, 2.45) is 40.7 Å². The van der Waals surface area contributed by atoms with Crippen molar-refractivity contribution in [2.75, 3.05) is 48.1 Å². The minimum atomic E-state index is -2.99. The number of ether oxygens (including phenoxy) is 2. The summed E-state index contributed by atoms with van der Waals surface area (Å²) >= 11 is 0. The lowest BCUT2D eigenvalue weighted by molar-refractivity contribution is -0.180. The van der Waals surface area contributed by atoms with Crippen molar-refractivity contribution in [3.05, 3.63) is 45.9 Å². The zero-order chi connectivity index (χ0) is 42.2. The maximum Gasteiger partial charge on any atom is 0.413 e. The summed E-state index contributed by atoms with van der Waals surface area (Å²) in [7, 11) is 6.55. The highest BCUT2D eigenvalue weighted by Gasteiger charge is 2.61. The minimum Gasteiger partial charge on any atom is -0.510 e. The number of ketones is 2. The fourth-order valence-electron chi connectivity index (χ4n) is 11.6. The van der Waals surface area contributed by atoms with Crippen molar-refractivity contribution in [1.82, 2.24) is 20.0 Å². The molecule has 0 aromatic heterocycles. The highest BCUT2D eigenvalue weighted by Crippen LogP contribution is 2.60. The van der Waals surface area contributed by atoms with E-state index in [1.54, 1.807) is 44.9 Å². The summed E-state index contributed by atoms with van der Waals surface area (Å²) in [6.45, 7) is 0.706. The first kappa shape index (κ1) is 41.6. The zero-order valence-corrected chi connectivity index (χ0v) is 33.7. The van der Waals surface area contributed by atoms with Crippen LogP contribution in [0.25, 0.3) is 0 Å². The molecule has 4 fully saturated rings. The number of primary amides is 1. The second-order valence-corrected chi connectivity index (χ2v) is 18.0. The van der Waals surface area contributed by atoms with Gasteiger partial charge in [-0.3, -0.25) is 33.8 Å². The van der Waals surface area contributed by atoms with Gasteiger partial charge in [0.25, 0.3) is 5.91 Å². The van der Waals surface area contributed by atoms with Crippen LogP contribution in [-0.4, -0.2) is 142 Å². The van der Waals surface area contributed by atoms with E-state index in [-0.39, 0.29) is 36.5 Å². The number of fused-ring (bicyclic) bond motifs is 2. The molecule has 58 heavy (non-hydrogen) atoms. The zero-order valence-electron chi connectivity index (χ0n) is 33.7. The molecule has 0 aromatic carbocycles. The van der Waals surface area contributed by atoms with Gasteiger partial charge >= 0.3 is 12.1 Å². The van der Waals surface area contributed by atoms with Gasteiger partial charge in [0.1, 0.15) is 23.9 Å². The predicted octanol–water partition coefficient (Wildman–Crippen LogP) is 0.550. The molecule has 1 unspecified atom stereocenters. The fourth-order valence-corrected chi connectivity index (χ4v) is 11.6. The normalized spacial score (nSPS) is 34.4. The molecule has 0 radical (unpaired) electrons. The molecule has 3 amide bonds. The van der Waals surface area contributed by atoms with E-state index in [9.17, 15) is 49.2 Å². The number of Topliss-reactive ketones (excluding diaryl/α,β-unsaturated/α-hetero) is 2. The van der Waals surface area contributed by atoms with Gasteiger partial charge in [-0.25, -0.2) is 4.79 Å². The Hall–Kier alpha value is -4.58. The number of amides is 3. The largest absolute Gasteiger partial charge is 0.510 e. The summed E-state index contributed by atoms with van der Waals surface area (Å²) in [5, 5.41) is 48.9. The number of aliphatic hydroxyl groups is 4. The van der Waals surface area contributed by atoms with E-state index < -0.39 is 100 Å². The molecule has 4 saturated carbocycles. The summed E-state index contributed by atoms with van der Waals surface area (Å²) in [4.78, 5) is 84.6. The van der Waals surface area contributed by atoms with Crippen LogP contribution in [0.15, 0.2) is 45.9 Å². The third-order valence-corrected chi connectivity index (χ3v) is 13.6. The molecule has 0 saturated heterocycles. The maximum absolute atomic E-state index is 14.4. The van der Waals surface area contributed by atoms with Crippen LogP contribution in [0.3, 0.4) is 0 Å². The van der Waals surface area contributed by atoms with Crippen molar-refractivity contribution in [3.8, 4) is 0 Å². The second-order valence-electron chi connectivity index (χ2n) is 18.0. The van der Waals surface area contributed by atoms with Crippen LogP contribution in [-0.2, 0) is 33.4 Å². The van der Waals surface area contributed by atoms with Crippen molar-refractivity contribution >= 4 is 35.4 Å². The third kappa shape index (κ3) is 6.82. The molecule has 0 aliphatic heterocycles. The highest BCUT2D eigenvalue weighted by molar-refractivity contribution is 6.24. The summed E-state index contributed by atoms with van der Waals surface area (Å²) in [6, 6.07) is -2.61. The SMILES string of the molecule is CCCN(CC(=O)NC1C=C(N(C)C)C2=C(C(=O)C3=C[C@@]4(O)C(=O)C(C(N)=O)=C(O)[C@@H](N(C)C)[C@@H]4C[C@@H]3C2)C1(O)O)C(=O)OCOC(=O)C12CC3CC(CC(C3)C1)C2. The van der Waals surface area contributed by atoms with Crippen molar-refractivity contribution in [2.45, 2.75) is 88.2 Å². The summed E-state index contributed by atoms with van der Waals surface area (Å²) in [5.41, 5.74) is 1.81. The van der Waals surface area contributed by atoms with Crippen LogP contribution < -0.4 is 11.1 Å². The van der Waals surface area contributed by atoms with Gasteiger partial charge in [-0.05, 0) is 113 Å². The molecule has 316 valence electrons. The summed E-state index contributed by atoms with van der Waals surface area (Å²) < 4.78 is 10.8. The van der Waals surface area contributed by atoms with Gasteiger partial charge in [-0.2, -0.15) is 0 Å². The minimum absolute atomic E-state index is 0.00506. The van der Waals surface area contributed by atoms with Crippen molar-refractivity contribution in [3.63, 3.8) is 0 Å². The van der Waals surface area contributed by atoms with Crippen LogP contribution >= 0.6 is 0 Å². The number of hydrogen-bond acceptors (Lipinski definition) is 14. The molecular formula is C41H55N5O12. The number of nitrogens with one attached hydrogen (secondary N) is 1. The number of carbonyl (C=O) groups is 6. The first-order chi connectivity index (χ1) is 27.2. The molecule has 0 aromatic rings. The Labute approximate surface area is 336 Å². The average Bonchev–Trinajstić information content (AvgIpc) is 3.11. The van der Waals surface area contributed by atoms with Gasteiger partial charge in [0.05, 0.1) is 17.0 Å². The van der Waals surface area contributed by atoms with Gasteiger partial charge in [-0.1, -0.05) is 6.92 Å².